The third kappa shape index (κ3) is 3.48. The first-order valence-electron chi connectivity index (χ1n) is 8.62. The number of piperidine rings is 1. The van der Waals surface area contributed by atoms with E-state index in [9.17, 15) is 13.2 Å². The zero-order valence-corrected chi connectivity index (χ0v) is 14.6. The topological polar surface area (TPSA) is 92.5 Å². The van der Waals surface area contributed by atoms with Crippen molar-refractivity contribution in [3.8, 4) is 0 Å². The largest absolute Gasteiger partial charge is 0.355 e. The summed E-state index contributed by atoms with van der Waals surface area (Å²) in [5.41, 5.74) is 7.81. The van der Waals surface area contributed by atoms with Crippen molar-refractivity contribution in [2.45, 2.75) is 37.0 Å². The summed E-state index contributed by atoms with van der Waals surface area (Å²) in [4.78, 5) is 12.4. The van der Waals surface area contributed by atoms with Gasteiger partial charge in [-0.2, -0.15) is 4.31 Å². The minimum absolute atomic E-state index is 0.0185. The molecule has 0 atom stereocenters. The number of sulfonamides is 1. The van der Waals surface area contributed by atoms with Gasteiger partial charge in [0.25, 0.3) is 0 Å². The highest BCUT2D eigenvalue weighted by atomic mass is 32.2. The average molecular weight is 351 g/mol. The first kappa shape index (κ1) is 17.4. The molecule has 1 aliphatic heterocycles. The van der Waals surface area contributed by atoms with E-state index in [1.807, 2.05) is 12.1 Å². The molecule has 1 saturated heterocycles. The normalized spacial score (nSPS) is 19.2. The molecular formula is C17H25N3O3S. The van der Waals surface area contributed by atoms with Crippen LogP contribution in [0.4, 0.5) is 0 Å². The molecule has 1 amide bonds. The zero-order valence-electron chi connectivity index (χ0n) is 13.8. The molecule has 1 aromatic rings. The number of rotatable bonds is 5. The minimum atomic E-state index is -3.47. The van der Waals surface area contributed by atoms with Crippen molar-refractivity contribution in [3.63, 3.8) is 0 Å². The van der Waals surface area contributed by atoms with E-state index in [1.54, 1.807) is 6.07 Å². The third-order valence-electron chi connectivity index (χ3n) is 4.98. The molecule has 0 spiro atoms. The van der Waals surface area contributed by atoms with Gasteiger partial charge in [-0.1, -0.05) is 6.07 Å². The predicted octanol–water partition coefficient (Wildman–Crippen LogP) is 0.651. The van der Waals surface area contributed by atoms with Gasteiger partial charge >= 0.3 is 0 Å². The summed E-state index contributed by atoms with van der Waals surface area (Å²) >= 11 is 0. The Bertz CT molecular complexity index is 710. The molecule has 3 rings (SSSR count). The van der Waals surface area contributed by atoms with Crippen LogP contribution in [0.5, 0.6) is 0 Å². The second-order valence-electron chi connectivity index (χ2n) is 6.54. The molecule has 1 heterocycles. The maximum atomic E-state index is 12.8. The number of nitrogens with one attached hydrogen (secondary N) is 1. The van der Waals surface area contributed by atoms with E-state index in [-0.39, 0.29) is 11.8 Å². The van der Waals surface area contributed by atoms with E-state index in [0.29, 0.717) is 43.9 Å². The maximum Gasteiger partial charge on any atom is 0.243 e. The molecule has 0 bridgehead atoms. The SMILES string of the molecule is NCCNC(=O)C1CCN(S(=O)(=O)c2ccc3c(c2)CCC3)CC1. The molecule has 24 heavy (non-hydrogen) atoms. The van der Waals surface area contributed by atoms with E-state index < -0.39 is 10.0 Å². The molecule has 132 valence electrons. The fraction of sp³-hybridized carbons (Fsp3) is 0.588. The summed E-state index contributed by atoms with van der Waals surface area (Å²) in [5, 5.41) is 2.78. The lowest BCUT2D eigenvalue weighted by molar-refractivity contribution is -0.126. The second kappa shape index (κ2) is 7.21. The van der Waals surface area contributed by atoms with Crippen LogP contribution in [-0.4, -0.2) is 44.8 Å². The maximum absolute atomic E-state index is 12.8. The lowest BCUT2D eigenvalue weighted by Crippen LogP contribution is -2.43. The minimum Gasteiger partial charge on any atom is -0.355 e. The molecule has 0 saturated carbocycles. The lowest BCUT2D eigenvalue weighted by atomic mass is 9.97. The van der Waals surface area contributed by atoms with Gasteiger partial charge in [0.05, 0.1) is 4.90 Å². The smallest absolute Gasteiger partial charge is 0.243 e. The molecule has 3 N–H and O–H groups in total. The molecule has 0 aromatic heterocycles. The Morgan fingerprint density at radius 2 is 1.92 bits per heavy atom. The Hall–Kier alpha value is -1.44. The summed E-state index contributed by atoms with van der Waals surface area (Å²) < 4.78 is 27.2. The molecule has 0 radical (unpaired) electrons. The zero-order chi connectivity index (χ0) is 17.2. The molecule has 6 nitrogen and oxygen atoms in total. The second-order valence-corrected chi connectivity index (χ2v) is 8.48. The van der Waals surface area contributed by atoms with Crippen molar-refractivity contribution in [3.05, 3.63) is 29.3 Å². The van der Waals surface area contributed by atoms with Crippen molar-refractivity contribution in [1.29, 1.82) is 0 Å². The number of benzene rings is 1. The van der Waals surface area contributed by atoms with E-state index in [1.165, 1.54) is 9.87 Å². The quantitative estimate of drug-likeness (QED) is 0.815. The van der Waals surface area contributed by atoms with Crippen molar-refractivity contribution < 1.29 is 13.2 Å². The van der Waals surface area contributed by atoms with Gasteiger partial charge in [-0.05, 0) is 55.4 Å². The summed E-state index contributed by atoms with van der Waals surface area (Å²) in [6.45, 7) is 1.66. The van der Waals surface area contributed by atoms with Crippen LogP contribution in [0.2, 0.25) is 0 Å². The fourth-order valence-corrected chi connectivity index (χ4v) is 5.08. The molecule has 7 heteroatoms. The van der Waals surface area contributed by atoms with Crippen LogP contribution < -0.4 is 11.1 Å². The molecular weight excluding hydrogens is 326 g/mol. The fourth-order valence-electron chi connectivity index (χ4n) is 3.56. The summed E-state index contributed by atoms with van der Waals surface area (Å²) in [6.07, 6.45) is 4.21. The highest BCUT2D eigenvalue weighted by molar-refractivity contribution is 7.89. The lowest BCUT2D eigenvalue weighted by Gasteiger charge is -2.30. The van der Waals surface area contributed by atoms with E-state index in [4.69, 9.17) is 5.73 Å². The van der Waals surface area contributed by atoms with Crippen LogP contribution in [0.1, 0.15) is 30.4 Å². The Morgan fingerprint density at radius 3 is 2.62 bits per heavy atom. The van der Waals surface area contributed by atoms with Crippen molar-refractivity contribution in [2.75, 3.05) is 26.2 Å². The number of aryl methyl sites for hydroxylation is 2. The molecule has 0 unspecified atom stereocenters. The van der Waals surface area contributed by atoms with Gasteiger partial charge < -0.3 is 11.1 Å². The van der Waals surface area contributed by atoms with Crippen LogP contribution in [0.15, 0.2) is 23.1 Å². The number of carbonyl (C=O) groups is 1. The van der Waals surface area contributed by atoms with Gasteiger partial charge in [-0.3, -0.25) is 4.79 Å². The highest BCUT2D eigenvalue weighted by Crippen LogP contribution is 2.28. The number of hydrogen-bond donors (Lipinski definition) is 2. The highest BCUT2D eigenvalue weighted by Gasteiger charge is 2.32. The molecule has 1 aromatic carbocycles. The van der Waals surface area contributed by atoms with Crippen molar-refractivity contribution >= 4 is 15.9 Å². The summed E-state index contributed by atoms with van der Waals surface area (Å²) in [6, 6.07) is 5.50. The number of amides is 1. The Kier molecular flexibility index (Phi) is 5.22. The van der Waals surface area contributed by atoms with E-state index in [0.717, 1.165) is 24.8 Å². The van der Waals surface area contributed by atoms with Crippen molar-refractivity contribution in [2.24, 2.45) is 11.7 Å². The molecule has 1 aliphatic carbocycles. The number of nitrogens with two attached hydrogens (primary N) is 1. The number of fused-ring (bicyclic) bond motifs is 1. The summed E-state index contributed by atoms with van der Waals surface area (Å²) in [5.74, 6) is -0.141. The monoisotopic (exact) mass is 351 g/mol. The number of nitrogens with zero attached hydrogens (tertiary/aromatic N) is 1. The Balaban J connectivity index is 1.66. The Labute approximate surface area is 143 Å². The summed E-state index contributed by atoms with van der Waals surface area (Å²) in [7, 11) is -3.47. The first-order chi connectivity index (χ1) is 11.5. The standard InChI is InChI=1S/C17H25N3O3S/c18-8-9-19-17(21)14-6-10-20(11-7-14)24(22,23)16-5-4-13-2-1-3-15(13)12-16/h4-5,12,14H,1-3,6-11,18H2,(H,19,21). The molecule has 1 fully saturated rings. The van der Waals surface area contributed by atoms with Crippen LogP contribution in [0, 0.1) is 5.92 Å². The first-order valence-corrected chi connectivity index (χ1v) is 10.1. The van der Waals surface area contributed by atoms with Crippen LogP contribution in [-0.2, 0) is 27.7 Å². The number of hydrogen-bond acceptors (Lipinski definition) is 4. The van der Waals surface area contributed by atoms with Crippen molar-refractivity contribution in [1.82, 2.24) is 9.62 Å². The van der Waals surface area contributed by atoms with Gasteiger partial charge in [0, 0.05) is 32.1 Å². The van der Waals surface area contributed by atoms with E-state index >= 15 is 0 Å². The van der Waals surface area contributed by atoms with Gasteiger partial charge in [0.1, 0.15) is 0 Å². The molecule has 2 aliphatic rings. The van der Waals surface area contributed by atoms with Gasteiger partial charge in [-0.15, -0.1) is 0 Å². The van der Waals surface area contributed by atoms with Gasteiger partial charge in [-0.25, -0.2) is 8.42 Å². The van der Waals surface area contributed by atoms with Crippen LogP contribution in [0.3, 0.4) is 0 Å². The Morgan fingerprint density at radius 1 is 1.21 bits per heavy atom. The van der Waals surface area contributed by atoms with Gasteiger partial charge in [0.2, 0.25) is 15.9 Å². The van der Waals surface area contributed by atoms with Crippen LogP contribution >= 0.6 is 0 Å². The number of carbonyl (C=O) groups excluding carboxylic acids is 1. The van der Waals surface area contributed by atoms with E-state index in [2.05, 4.69) is 5.32 Å². The average Bonchev–Trinajstić information content (AvgIpc) is 3.07. The third-order valence-corrected chi connectivity index (χ3v) is 6.87. The van der Waals surface area contributed by atoms with Gasteiger partial charge in [0.15, 0.2) is 0 Å². The van der Waals surface area contributed by atoms with Crippen LogP contribution in [0.25, 0.3) is 0 Å². The predicted molar refractivity (Wildman–Crippen MR) is 92.0 cm³/mol.